The Labute approximate surface area is 117 Å². The number of aliphatic hydroxyl groups is 1. The second kappa shape index (κ2) is 5.75. The van der Waals surface area contributed by atoms with E-state index in [1.165, 1.54) is 0 Å². The summed E-state index contributed by atoms with van der Waals surface area (Å²) in [5.74, 6) is 0. The van der Waals surface area contributed by atoms with Gasteiger partial charge in [0.25, 0.3) is 0 Å². The average Bonchev–Trinajstić information content (AvgIpc) is 2.96. The second-order valence-corrected chi connectivity index (χ2v) is 5.26. The molecule has 0 bridgehead atoms. The van der Waals surface area contributed by atoms with Crippen molar-refractivity contribution in [2.24, 2.45) is 0 Å². The van der Waals surface area contributed by atoms with Crippen LogP contribution in [-0.4, -0.2) is 24.7 Å². The Balaban J connectivity index is 2.32. The Kier molecular flexibility index (Phi) is 4.27. The van der Waals surface area contributed by atoms with Crippen LogP contribution in [0.15, 0.2) is 18.6 Å². The molecule has 2 aromatic heterocycles. The summed E-state index contributed by atoms with van der Waals surface area (Å²) >= 11 is 6.12. The predicted molar refractivity (Wildman–Crippen MR) is 74.2 cm³/mol. The molecule has 2 heterocycles. The average molecular weight is 283 g/mol. The molecule has 0 aliphatic rings. The zero-order chi connectivity index (χ0) is 14.0. The topological polar surface area (TPSA) is 55.9 Å². The summed E-state index contributed by atoms with van der Waals surface area (Å²) in [5, 5.41) is 19.4. The normalized spacial score (nSPS) is 13.2. The number of rotatable bonds is 5. The minimum absolute atomic E-state index is 0.261. The standard InChI is InChI=1S/C13H19ClN4O/c1-4-5-17-12(11(14)7-16-17)13(19)10-6-15-18(8-10)9(2)3/h6-9,13,19H,4-5H2,1-3H3. The fourth-order valence-electron chi connectivity index (χ4n) is 1.97. The Morgan fingerprint density at radius 2 is 2.05 bits per heavy atom. The van der Waals surface area contributed by atoms with Crippen LogP contribution >= 0.6 is 11.6 Å². The van der Waals surface area contributed by atoms with E-state index in [0.29, 0.717) is 10.7 Å². The molecule has 0 aliphatic carbocycles. The smallest absolute Gasteiger partial charge is 0.125 e. The van der Waals surface area contributed by atoms with E-state index in [2.05, 4.69) is 17.1 Å². The van der Waals surface area contributed by atoms with Gasteiger partial charge in [0.15, 0.2) is 0 Å². The van der Waals surface area contributed by atoms with Crippen molar-refractivity contribution in [3.8, 4) is 0 Å². The summed E-state index contributed by atoms with van der Waals surface area (Å²) in [5.41, 5.74) is 1.36. The van der Waals surface area contributed by atoms with Gasteiger partial charge in [0.05, 0.1) is 23.1 Å². The number of nitrogens with zero attached hydrogens (tertiary/aromatic N) is 4. The number of hydrogen-bond donors (Lipinski definition) is 1. The summed E-state index contributed by atoms with van der Waals surface area (Å²) in [6.07, 6.45) is 5.22. The predicted octanol–water partition coefficient (Wildman–Crippen LogP) is 2.81. The third kappa shape index (κ3) is 2.82. The van der Waals surface area contributed by atoms with E-state index in [9.17, 15) is 5.11 Å². The SMILES string of the molecule is CCCn1ncc(Cl)c1C(O)c1cnn(C(C)C)c1. The van der Waals surface area contributed by atoms with E-state index in [4.69, 9.17) is 11.6 Å². The van der Waals surface area contributed by atoms with Gasteiger partial charge in [-0.3, -0.25) is 9.36 Å². The van der Waals surface area contributed by atoms with Gasteiger partial charge in [-0.1, -0.05) is 18.5 Å². The van der Waals surface area contributed by atoms with Crippen LogP contribution in [-0.2, 0) is 6.54 Å². The van der Waals surface area contributed by atoms with Gasteiger partial charge >= 0.3 is 0 Å². The maximum atomic E-state index is 10.5. The summed E-state index contributed by atoms with van der Waals surface area (Å²) in [6, 6.07) is 0.261. The van der Waals surface area contributed by atoms with E-state index < -0.39 is 6.10 Å². The van der Waals surface area contributed by atoms with E-state index in [1.807, 2.05) is 24.7 Å². The maximum Gasteiger partial charge on any atom is 0.125 e. The molecule has 0 saturated heterocycles. The van der Waals surface area contributed by atoms with Crippen LogP contribution in [0, 0.1) is 0 Å². The van der Waals surface area contributed by atoms with Crippen LogP contribution in [0.5, 0.6) is 0 Å². The van der Waals surface area contributed by atoms with Crippen molar-refractivity contribution in [1.29, 1.82) is 0 Å². The Hall–Kier alpha value is -1.33. The van der Waals surface area contributed by atoms with Crippen molar-refractivity contribution in [3.63, 3.8) is 0 Å². The number of aliphatic hydroxyl groups excluding tert-OH is 1. The molecule has 104 valence electrons. The molecule has 2 rings (SSSR count). The highest BCUT2D eigenvalue weighted by atomic mass is 35.5. The fourth-order valence-corrected chi connectivity index (χ4v) is 2.21. The van der Waals surface area contributed by atoms with Crippen molar-refractivity contribution < 1.29 is 5.11 Å². The lowest BCUT2D eigenvalue weighted by molar-refractivity contribution is 0.207. The van der Waals surface area contributed by atoms with Crippen molar-refractivity contribution >= 4 is 11.6 Å². The fraction of sp³-hybridized carbons (Fsp3) is 0.538. The van der Waals surface area contributed by atoms with E-state index in [0.717, 1.165) is 18.5 Å². The molecular formula is C13H19ClN4O. The zero-order valence-corrected chi connectivity index (χ0v) is 12.2. The third-order valence-electron chi connectivity index (χ3n) is 2.99. The molecule has 0 aromatic carbocycles. The Morgan fingerprint density at radius 1 is 1.32 bits per heavy atom. The van der Waals surface area contributed by atoms with E-state index >= 15 is 0 Å². The van der Waals surface area contributed by atoms with Crippen LogP contribution in [0.1, 0.15) is 50.6 Å². The quantitative estimate of drug-likeness (QED) is 0.917. The molecule has 0 spiro atoms. The van der Waals surface area contributed by atoms with Crippen LogP contribution in [0.3, 0.4) is 0 Å². The first kappa shape index (κ1) is 14.1. The van der Waals surface area contributed by atoms with Crippen molar-refractivity contribution in [2.75, 3.05) is 0 Å². The van der Waals surface area contributed by atoms with Gasteiger partial charge in [0.1, 0.15) is 6.10 Å². The molecule has 1 atom stereocenters. The number of aryl methyl sites for hydroxylation is 1. The Bertz CT molecular complexity index is 547. The van der Waals surface area contributed by atoms with E-state index in [1.54, 1.807) is 17.1 Å². The molecule has 0 fully saturated rings. The van der Waals surface area contributed by atoms with Crippen LogP contribution in [0.25, 0.3) is 0 Å². The third-order valence-corrected chi connectivity index (χ3v) is 3.29. The van der Waals surface area contributed by atoms with E-state index in [-0.39, 0.29) is 6.04 Å². The highest BCUT2D eigenvalue weighted by molar-refractivity contribution is 6.31. The van der Waals surface area contributed by atoms with Crippen LogP contribution in [0.4, 0.5) is 0 Å². The van der Waals surface area contributed by atoms with Gasteiger partial charge in [-0.05, 0) is 20.3 Å². The summed E-state index contributed by atoms with van der Waals surface area (Å²) in [7, 11) is 0. The van der Waals surface area contributed by atoms with Crippen molar-refractivity contribution in [1.82, 2.24) is 19.6 Å². The molecule has 5 nitrogen and oxygen atoms in total. The molecule has 0 saturated carbocycles. The van der Waals surface area contributed by atoms with Gasteiger partial charge in [-0.2, -0.15) is 10.2 Å². The summed E-state index contributed by atoms with van der Waals surface area (Å²) < 4.78 is 3.56. The molecule has 2 aromatic rings. The lowest BCUT2D eigenvalue weighted by atomic mass is 10.1. The van der Waals surface area contributed by atoms with Gasteiger partial charge in [-0.25, -0.2) is 0 Å². The van der Waals surface area contributed by atoms with Crippen molar-refractivity contribution in [2.45, 2.75) is 45.9 Å². The van der Waals surface area contributed by atoms with Crippen LogP contribution in [0.2, 0.25) is 5.02 Å². The molecule has 6 heteroatoms. The lowest BCUT2D eigenvalue weighted by Crippen LogP contribution is -2.10. The second-order valence-electron chi connectivity index (χ2n) is 4.85. The first-order valence-corrected chi connectivity index (χ1v) is 6.85. The highest BCUT2D eigenvalue weighted by Crippen LogP contribution is 2.28. The number of halogens is 1. The van der Waals surface area contributed by atoms with Crippen LogP contribution < -0.4 is 0 Å². The molecule has 1 N–H and O–H groups in total. The zero-order valence-electron chi connectivity index (χ0n) is 11.4. The summed E-state index contributed by atoms with van der Waals surface area (Å²) in [6.45, 7) is 6.87. The molecular weight excluding hydrogens is 264 g/mol. The van der Waals surface area contributed by atoms with Gasteiger partial charge in [-0.15, -0.1) is 0 Å². The number of hydrogen-bond acceptors (Lipinski definition) is 3. The molecule has 19 heavy (non-hydrogen) atoms. The maximum absolute atomic E-state index is 10.5. The monoisotopic (exact) mass is 282 g/mol. The van der Waals surface area contributed by atoms with Gasteiger partial charge < -0.3 is 5.11 Å². The number of aromatic nitrogens is 4. The molecule has 0 aliphatic heterocycles. The van der Waals surface area contributed by atoms with Crippen molar-refractivity contribution in [3.05, 3.63) is 34.9 Å². The lowest BCUT2D eigenvalue weighted by Gasteiger charge is -2.12. The molecule has 0 amide bonds. The van der Waals surface area contributed by atoms with Gasteiger partial charge in [0.2, 0.25) is 0 Å². The molecule has 0 radical (unpaired) electrons. The largest absolute Gasteiger partial charge is 0.382 e. The minimum Gasteiger partial charge on any atom is -0.382 e. The summed E-state index contributed by atoms with van der Waals surface area (Å²) in [4.78, 5) is 0. The highest BCUT2D eigenvalue weighted by Gasteiger charge is 2.21. The van der Waals surface area contributed by atoms with Gasteiger partial charge in [0, 0.05) is 24.3 Å². The minimum atomic E-state index is -0.797. The first-order chi connectivity index (χ1) is 9.04. The Morgan fingerprint density at radius 3 is 2.63 bits per heavy atom. The first-order valence-electron chi connectivity index (χ1n) is 6.47. The molecule has 1 unspecified atom stereocenters.